The van der Waals surface area contributed by atoms with Crippen molar-refractivity contribution in [3.8, 4) is 10.6 Å². The third kappa shape index (κ3) is 6.29. The van der Waals surface area contributed by atoms with E-state index < -0.39 is 0 Å². The summed E-state index contributed by atoms with van der Waals surface area (Å²) in [5, 5.41) is 2.11. The van der Waals surface area contributed by atoms with Crippen molar-refractivity contribution in [2.24, 2.45) is 0 Å². The highest BCUT2D eigenvalue weighted by molar-refractivity contribution is 7.13. The molecule has 0 spiro atoms. The van der Waals surface area contributed by atoms with Gasteiger partial charge < -0.3 is 4.90 Å². The molecule has 2 aromatic heterocycles. The molecule has 0 aromatic carbocycles. The molecule has 0 N–H and O–H groups in total. The van der Waals surface area contributed by atoms with Crippen molar-refractivity contribution in [1.29, 1.82) is 0 Å². The lowest BCUT2D eigenvalue weighted by atomic mass is 10.00. The molecule has 0 radical (unpaired) electrons. The van der Waals surface area contributed by atoms with Crippen molar-refractivity contribution in [3.63, 3.8) is 0 Å². The van der Waals surface area contributed by atoms with Crippen molar-refractivity contribution in [2.45, 2.75) is 65.7 Å². The normalized spacial score (nSPS) is 12.7. The van der Waals surface area contributed by atoms with Crippen LogP contribution in [-0.4, -0.2) is 23.1 Å². The van der Waals surface area contributed by atoms with E-state index in [0.29, 0.717) is 0 Å². The van der Waals surface area contributed by atoms with Crippen LogP contribution in [0.5, 0.6) is 0 Å². The summed E-state index contributed by atoms with van der Waals surface area (Å²) >= 11 is 1.76. The maximum atomic E-state index is 4.91. The Morgan fingerprint density at radius 1 is 1.13 bits per heavy atom. The van der Waals surface area contributed by atoms with E-state index in [9.17, 15) is 0 Å². The topological polar surface area (TPSA) is 29.0 Å². The quantitative estimate of drug-likeness (QED) is 0.406. The van der Waals surface area contributed by atoms with Crippen molar-refractivity contribution in [2.75, 3.05) is 18.0 Å². The number of allylic oxidation sites excluding steroid dienone is 3. The van der Waals surface area contributed by atoms with E-state index in [-0.39, 0.29) is 0 Å². The van der Waals surface area contributed by atoms with E-state index in [1.165, 1.54) is 28.5 Å². The number of rotatable bonds is 11. The molecule has 2 heterocycles. The molecule has 164 valence electrons. The zero-order valence-corrected chi connectivity index (χ0v) is 20.1. The summed E-state index contributed by atoms with van der Waals surface area (Å²) in [6.45, 7) is 12.6. The van der Waals surface area contributed by atoms with E-state index in [2.05, 4.69) is 68.3 Å². The summed E-state index contributed by atoms with van der Waals surface area (Å²) < 4.78 is 1.25. The Hall–Kier alpha value is -2.42. The Morgan fingerprint density at radius 3 is 2.68 bits per heavy atom. The lowest BCUT2D eigenvalue weighted by Crippen LogP contribution is -2.26. The number of hydrogen-bond donors (Lipinski definition) is 0. The van der Waals surface area contributed by atoms with Gasteiger partial charge in [0.2, 0.25) is 0 Å². The van der Waals surface area contributed by atoms with Gasteiger partial charge in [0.25, 0.3) is 0 Å². The van der Waals surface area contributed by atoms with E-state index in [1.54, 1.807) is 11.3 Å². The molecule has 0 bridgehead atoms. The maximum Gasteiger partial charge on any atom is 0.128 e. The lowest BCUT2D eigenvalue weighted by molar-refractivity contribution is 0.696. The van der Waals surface area contributed by atoms with Gasteiger partial charge in [-0.3, -0.25) is 0 Å². The number of hydrogen-bond acceptors (Lipinski definition) is 4. The van der Waals surface area contributed by atoms with Crippen LogP contribution in [0, 0.1) is 0 Å². The molecular weight excluding hydrogens is 398 g/mol. The molecule has 0 saturated heterocycles. The van der Waals surface area contributed by atoms with Crippen LogP contribution in [0.25, 0.3) is 22.7 Å². The first-order valence-electron chi connectivity index (χ1n) is 11.6. The van der Waals surface area contributed by atoms with Gasteiger partial charge in [0.05, 0.1) is 9.88 Å². The molecule has 3 rings (SSSR count). The Labute approximate surface area is 191 Å². The van der Waals surface area contributed by atoms with Crippen LogP contribution >= 0.6 is 11.3 Å². The highest BCUT2D eigenvalue weighted by Gasteiger charge is 2.10. The summed E-state index contributed by atoms with van der Waals surface area (Å²) in [5.41, 5.74) is 6.92. The maximum absolute atomic E-state index is 4.91. The first-order chi connectivity index (χ1) is 15.2. The van der Waals surface area contributed by atoms with Gasteiger partial charge in [-0.25, -0.2) is 9.97 Å². The predicted molar refractivity (Wildman–Crippen MR) is 136 cm³/mol. The van der Waals surface area contributed by atoms with Gasteiger partial charge in [-0.2, -0.15) is 0 Å². The number of aromatic nitrogens is 2. The number of unbranched alkanes of at least 4 members (excludes halogenated alkanes) is 1. The Balaban J connectivity index is 1.78. The predicted octanol–water partition coefficient (Wildman–Crippen LogP) is 6.01. The monoisotopic (exact) mass is 433 g/mol. The molecule has 0 amide bonds. The molecule has 1 aliphatic rings. The number of anilines is 1. The smallest absolute Gasteiger partial charge is 0.128 e. The van der Waals surface area contributed by atoms with Crippen molar-refractivity contribution in [3.05, 3.63) is 57.7 Å². The van der Waals surface area contributed by atoms with E-state index in [0.717, 1.165) is 66.9 Å². The summed E-state index contributed by atoms with van der Waals surface area (Å²) in [6, 6.07) is 4.32. The summed E-state index contributed by atoms with van der Waals surface area (Å²) in [4.78, 5) is 12.1. The second-order valence-corrected chi connectivity index (χ2v) is 9.15. The van der Waals surface area contributed by atoms with Crippen molar-refractivity contribution < 1.29 is 0 Å². The minimum absolute atomic E-state index is 0.959. The largest absolute Gasteiger partial charge is 0.357 e. The average molecular weight is 434 g/mol. The molecule has 0 fully saturated rings. The molecule has 4 heteroatoms. The fourth-order valence-corrected chi connectivity index (χ4v) is 4.80. The molecule has 1 aliphatic carbocycles. The van der Waals surface area contributed by atoms with Gasteiger partial charge in [0, 0.05) is 24.8 Å². The SMILES string of the molecule is C=C=C(CCC)CC1=CC=c2nc(-c3ccc(N(CCC)CCCC)nc3)sc2=CC1. The zero-order chi connectivity index (χ0) is 22.1. The second kappa shape index (κ2) is 11.8. The molecule has 0 atom stereocenters. The summed E-state index contributed by atoms with van der Waals surface area (Å²) in [6.07, 6.45) is 16.4. The summed E-state index contributed by atoms with van der Waals surface area (Å²) in [5.74, 6) is 1.07. The highest BCUT2D eigenvalue weighted by atomic mass is 32.1. The molecule has 31 heavy (non-hydrogen) atoms. The average Bonchev–Trinajstić information content (AvgIpc) is 3.12. The number of pyridine rings is 1. The third-order valence-electron chi connectivity index (χ3n) is 5.54. The minimum atomic E-state index is 0.959. The van der Waals surface area contributed by atoms with Gasteiger partial charge in [-0.15, -0.1) is 17.1 Å². The van der Waals surface area contributed by atoms with Crippen LogP contribution in [0.3, 0.4) is 0 Å². The van der Waals surface area contributed by atoms with Crippen LogP contribution in [0.2, 0.25) is 0 Å². The van der Waals surface area contributed by atoms with Gasteiger partial charge in [0.15, 0.2) is 0 Å². The first-order valence-corrected chi connectivity index (χ1v) is 12.5. The third-order valence-corrected chi connectivity index (χ3v) is 6.66. The molecular formula is C27H35N3S. The van der Waals surface area contributed by atoms with Crippen molar-refractivity contribution in [1.82, 2.24) is 9.97 Å². The van der Waals surface area contributed by atoms with Gasteiger partial charge in [-0.05, 0) is 55.9 Å². The summed E-state index contributed by atoms with van der Waals surface area (Å²) in [7, 11) is 0. The van der Waals surface area contributed by atoms with Gasteiger partial charge >= 0.3 is 0 Å². The van der Waals surface area contributed by atoms with E-state index in [1.807, 2.05) is 6.20 Å². The highest BCUT2D eigenvalue weighted by Crippen LogP contribution is 2.23. The molecule has 0 unspecified atom stereocenters. The van der Waals surface area contributed by atoms with Crippen LogP contribution in [-0.2, 0) is 0 Å². The number of fused-ring (bicyclic) bond motifs is 1. The zero-order valence-electron chi connectivity index (χ0n) is 19.3. The van der Waals surface area contributed by atoms with Crippen LogP contribution in [0.1, 0.15) is 65.7 Å². The van der Waals surface area contributed by atoms with E-state index in [4.69, 9.17) is 9.97 Å². The number of thiazole rings is 1. The molecule has 2 aromatic rings. The second-order valence-electron chi connectivity index (χ2n) is 8.12. The molecule has 3 nitrogen and oxygen atoms in total. The Kier molecular flexibility index (Phi) is 8.87. The first kappa shape index (κ1) is 23.2. The molecule has 0 saturated carbocycles. The fraction of sp³-hybridized carbons (Fsp3) is 0.444. The van der Waals surface area contributed by atoms with Gasteiger partial charge in [-0.1, -0.05) is 57.9 Å². The van der Waals surface area contributed by atoms with Crippen LogP contribution < -0.4 is 14.8 Å². The number of nitrogens with zero attached hydrogens (tertiary/aromatic N) is 3. The van der Waals surface area contributed by atoms with Gasteiger partial charge in [0.1, 0.15) is 10.8 Å². The van der Waals surface area contributed by atoms with Crippen LogP contribution in [0.4, 0.5) is 5.82 Å². The molecule has 0 aliphatic heterocycles. The Bertz CT molecular complexity index is 1050. The Morgan fingerprint density at radius 2 is 2.00 bits per heavy atom. The fourth-order valence-electron chi connectivity index (χ4n) is 3.83. The van der Waals surface area contributed by atoms with E-state index >= 15 is 0 Å². The minimum Gasteiger partial charge on any atom is -0.357 e. The van der Waals surface area contributed by atoms with Crippen molar-refractivity contribution >= 4 is 29.3 Å². The lowest BCUT2D eigenvalue weighted by Gasteiger charge is -2.23. The standard InChI is InChI=1S/C27H35N3S/c1-5-9-18-30(17-7-3)26-16-13-23(20-28-26)27-29-24-14-11-22(12-15-25(24)31-27)19-21(8-4)10-6-2/h11,13-16,20H,4-7,9-10,12,17-19H2,1-3H3. The van der Waals surface area contributed by atoms with Crippen LogP contribution in [0.15, 0.2) is 47.9 Å².